The first kappa shape index (κ1) is 24.8. The monoisotopic (exact) mass is 463 g/mol. The third-order valence-electron chi connectivity index (χ3n) is 4.26. The number of rotatable bonds is 7. The molecule has 3 rings (SSSR count). The summed E-state index contributed by atoms with van der Waals surface area (Å²) < 4.78 is 65.7. The number of halogens is 3. The fourth-order valence-electron chi connectivity index (χ4n) is 2.88. The Kier molecular flexibility index (Phi) is 8.60. The van der Waals surface area contributed by atoms with Gasteiger partial charge in [-0.3, -0.25) is 4.68 Å². The van der Waals surface area contributed by atoms with Crippen LogP contribution >= 0.6 is 0 Å². The lowest BCUT2D eigenvalue weighted by Gasteiger charge is -2.22. The Labute approximate surface area is 178 Å². The van der Waals surface area contributed by atoms with E-state index < -0.39 is 22.2 Å². The minimum absolute atomic E-state index is 0.134. The normalized spacial score (nSPS) is 16.2. The molecule has 172 valence electrons. The Hall–Kier alpha value is -2.44. The largest absolute Gasteiger partial charge is 0.490 e. The van der Waals surface area contributed by atoms with Crippen molar-refractivity contribution in [1.82, 2.24) is 14.5 Å². The van der Waals surface area contributed by atoms with Gasteiger partial charge in [0.25, 0.3) is 0 Å². The van der Waals surface area contributed by atoms with E-state index in [0.29, 0.717) is 19.6 Å². The molecule has 31 heavy (non-hydrogen) atoms. The second-order valence-electron chi connectivity index (χ2n) is 6.80. The maximum Gasteiger partial charge on any atom is 0.490 e. The number of fused-ring (bicyclic) bond motifs is 1. The topological polar surface area (TPSA) is 111 Å². The molecule has 2 heterocycles. The summed E-state index contributed by atoms with van der Waals surface area (Å²) in [5.74, 6) is -2.62. The van der Waals surface area contributed by atoms with Crippen LogP contribution in [0.4, 0.5) is 13.2 Å². The van der Waals surface area contributed by atoms with Crippen LogP contribution in [0.2, 0.25) is 0 Å². The fraction of sp³-hybridized carbons (Fsp3) is 0.474. The summed E-state index contributed by atoms with van der Waals surface area (Å²) >= 11 is 0. The van der Waals surface area contributed by atoms with E-state index in [1.54, 1.807) is 0 Å². The number of benzene rings is 1. The molecule has 0 saturated heterocycles. The molecule has 0 fully saturated rings. The van der Waals surface area contributed by atoms with Crippen molar-refractivity contribution in [3.8, 4) is 0 Å². The molecule has 1 aromatic carbocycles. The van der Waals surface area contributed by atoms with Gasteiger partial charge < -0.3 is 9.84 Å². The molecular formula is C19H24F3N3O5S. The summed E-state index contributed by atoms with van der Waals surface area (Å²) in [4.78, 5) is 8.90. The van der Waals surface area contributed by atoms with E-state index in [1.807, 2.05) is 36.0 Å². The predicted octanol–water partition coefficient (Wildman–Crippen LogP) is 2.51. The van der Waals surface area contributed by atoms with Crippen LogP contribution in [0.1, 0.15) is 36.3 Å². The van der Waals surface area contributed by atoms with E-state index in [4.69, 9.17) is 14.6 Å². The average Bonchev–Trinajstić information content (AvgIpc) is 3.10. The van der Waals surface area contributed by atoms with Crippen LogP contribution < -0.4 is 4.72 Å². The van der Waals surface area contributed by atoms with Crippen molar-refractivity contribution in [3.63, 3.8) is 0 Å². The fourth-order valence-corrected chi connectivity index (χ4v) is 3.97. The highest BCUT2D eigenvalue weighted by atomic mass is 32.2. The van der Waals surface area contributed by atoms with Crippen LogP contribution in [0.25, 0.3) is 0 Å². The van der Waals surface area contributed by atoms with Crippen molar-refractivity contribution < 1.29 is 36.2 Å². The summed E-state index contributed by atoms with van der Waals surface area (Å²) in [7, 11) is -3.24. The maximum absolute atomic E-state index is 11.8. The first-order valence-electron chi connectivity index (χ1n) is 9.51. The zero-order chi connectivity index (χ0) is 23.1. The lowest BCUT2D eigenvalue weighted by molar-refractivity contribution is -0.192. The number of carboxylic acids is 1. The van der Waals surface area contributed by atoms with E-state index >= 15 is 0 Å². The number of nitrogens with one attached hydrogen (secondary N) is 1. The predicted molar refractivity (Wildman–Crippen MR) is 106 cm³/mol. The molecule has 1 aliphatic heterocycles. The van der Waals surface area contributed by atoms with Crippen molar-refractivity contribution >= 4 is 16.0 Å². The maximum atomic E-state index is 11.8. The summed E-state index contributed by atoms with van der Waals surface area (Å²) in [5, 5.41) is 11.8. The van der Waals surface area contributed by atoms with E-state index in [2.05, 4.69) is 22.0 Å². The van der Waals surface area contributed by atoms with Gasteiger partial charge in [-0.15, -0.1) is 0 Å². The number of aliphatic carboxylic acids is 1. The number of carbonyl (C=O) groups is 1. The number of nitrogens with zero attached hydrogens (tertiary/aromatic N) is 2. The molecule has 1 aromatic heterocycles. The lowest BCUT2D eigenvalue weighted by atomic mass is 10.1. The lowest BCUT2D eigenvalue weighted by Crippen LogP contribution is -2.33. The van der Waals surface area contributed by atoms with E-state index in [1.165, 1.54) is 5.56 Å². The number of hydrogen-bond donors (Lipinski definition) is 2. The summed E-state index contributed by atoms with van der Waals surface area (Å²) in [6.45, 7) is 3.36. The number of sulfonamides is 1. The summed E-state index contributed by atoms with van der Waals surface area (Å²) in [6.07, 6.45) is -1.96. The first-order valence-corrected chi connectivity index (χ1v) is 11.2. The van der Waals surface area contributed by atoms with E-state index in [-0.39, 0.29) is 18.4 Å². The average molecular weight is 463 g/mol. The van der Waals surface area contributed by atoms with Gasteiger partial charge in [-0.1, -0.05) is 37.3 Å². The quantitative estimate of drug-likeness (QED) is 0.653. The van der Waals surface area contributed by atoms with Crippen molar-refractivity contribution in [1.29, 1.82) is 0 Å². The molecule has 8 nitrogen and oxygen atoms in total. The molecule has 12 heteroatoms. The smallest absolute Gasteiger partial charge is 0.475 e. The molecule has 0 spiro atoms. The van der Waals surface area contributed by atoms with Crippen molar-refractivity contribution in [2.75, 3.05) is 18.9 Å². The second-order valence-corrected chi connectivity index (χ2v) is 8.73. The highest BCUT2D eigenvalue weighted by Gasteiger charge is 2.38. The molecule has 0 bridgehead atoms. The minimum atomic E-state index is -5.08. The Bertz CT molecular complexity index is 962. The number of aromatic nitrogens is 2. The summed E-state index contributed by atoms with van der Waals surface area (Å²) in [5.41, 5.74) is 3.16. The second kappa shape index (κ2) is 10.7. The molecule has 1 aliphatic rings. The van der Waals surface area contributed by atoms with Crippen LogP contribution in [0, 0.1) is 0 Å². The van der Waals surface area contributed by atoms with Gasteiger partial charge >= 0.3 is 12.1 Å². The van der Waals surface area contributed by atoms with Crippen LogP contribution in [-0.2, 0) is 32.5 Å². The van der Waals surface area contributed by atoms with Gasteiger partial charge in [0.05, 0.1) is 24.6 Å². The van der Waals surface area contributed by atoms with Crippen LogP contribution in [-0.4, -0.2) is 54.4 Å². The minimum Gasteiger partial charge on any atom is -0.475 e. The van der Waals surface area contributed by atoms with Crippen LogP contribution in [0.5, 0.6) is 0 Å². The molecule has 1 unspecified atom stereocenters. The molecular weight excluding hydrogens is 439 g/mol. The SMILES string of the molecule is CCCS(=O)(=O)NCC1OCCc2cn(Cc3ccccc3)nc21.O=C(O)C(F)(F)F. The Morgan fingerprint density at radius 1 is 1.32 bits per heavy atom. The summed E-state index contributed by atoms with van der Waals surface area (Å²) in [6, 6.07) is 10.1. The third-order valence-corrected chi connectivity index (χ3v) is 5.81. The first-order chi connectivity index (χ1) is 14.5. The van der Waals surface area contributed by atoms with Gasteiger partial charge in [-0.25, -0.2) is 17.9 Å². The Morgan fingerprint density at radius 3 is 2.55 bits per heavy atom. The molecule has 2 N–H and O–H groups in total. The molecule has 2 aromatic rings. The van der Waals surface area contributed by atoms with Gasteiger partial charge in [0.2, 0.25) is 10.0 Å². The van der Waals surface area contributed by atoms with Crippen LogP contribution in [0.15, 0.2) is 36.5 Å². The standard InChI is InChI=1S/C17H23N3O3S.C2HF3O2/c1-2-10-24(21,22)18-11-16-17-15(8-9-23-16)13-20(19-17)12-14-6-4-3-5-7-14;3-2(4,5)1(6)7/h3-7,13,16,18H,2,8-12H2,1H3;(H,6,7). The third kappa shape index (κ3) is 7.96. The Balaban J connectivity index is 0.000000423. The molecule has 0 amide bonds. The highest BCUT2D eigenvalue weighted by molar-refractivity contribution is 7.89. The van der Waals surface area contributed by atoms with E-state index in [9.17, 15) is 21.6 Å². The number of ether oxygens (including phenoxy) is 1. The molecule has 0 radical (unpaired) electrons. The van der Waals surface area contributed by atoms with Crippen LogP contribution in [0.3, 0.4) is 0 Å². The van der Waals surface area contributed by atoms with Crippen molar-refractivity contribution in [2.24, 2.45) is 0 Å². The zero-order valence-electron chi connectivity index (χ0n) is 16.8. The molecule has 1 atom stereocenters. The molecule has 0 aliphatic carbocycles. The van der Waals surface area contributed by atoms with Crippen molar-refractivity contribution in [3.05, 3.63) is 53.3 Å². The van der Waals surface area contributed by atoms with Gasteiger partial charge in [0.1, 0.15) is 6.10 Å². The molecule has 0 saturated carbocycles. The number of alkyl halides is 3. The van der Waals surface area contributed by atoms with Gasteiger partial charge in [0, 0.05) is 12.7 Å². The number of carboxylic acid groups (broad SMARTS) is 1. The zero-order valence-corrected chi connectivity index (χ0v) is 17.6. The number of hydrogen-bond acceptors (Lipinski definition) is 5. The van der Waals surface area contributed by atoms with Crippen molar-refractivity contribution in [2.45, 2.75) is 38.6 Å². The van der Waals surface area contributed by atoms with Gasteiger partial charge in [0.15, 0.2) is 0 Å². The highest BCUT2D eigenvalue weighted by Crippen LogP contribution is 2.25. The van der Waals surface area contributed by atoms with Gasteiger partial charge in [-0.2, -0.15) is 18.3 Å². The van der Waals surface area contributed by atoms with E-state index in [0.717, 1.165) is 17.7 Å². The Morgan fingerprint density at radius 2 is 1.97 bits per heavy atom. The van der Waals surface area contributed by atoms with Gasteiger partial charge in [-0.05, 0) is 24.0 Å².